The molecule has 0 saturated carbocycles. The summed E-state index contributed by atoms with van der Waals surface area (Å²) in [5, 5.41) is 11.8. The van der Waals surface area contributed by atoms with E-state index in [-0.39, 0.29) is 0 Å². The molecule has 23 heavy (non-hydrogen) atoms. The second kappa shape index (κ2) is 6.87. The summed E-state index contributed by atoms with van der Waals surface area (Å²) < 4.78 is 5.64. The standard InChI is InChI=1S/C18H19N3OS/c1-12-4-6-15(7-5-12)11-23-18-21-20-17(22-18)19-16-9-13(2)8-14(3)10-16/h4-10H,11H2,1-3H3,(H,19,20). The van der Waals surface area contributed by atoms with E-state index in [1.807, 2.05) is 0 Å². The fraction of sp³-hybridized carbons (Fsp3) is 0.222. The molecule has 0 unspecified atom stereocenters. The van der Waals surface area contributed by atoms with Crippen molar-refractivity contribution >= 4 is 23.5 Å². The molecule has 5 heteroatoms. The molecule has 0 bridgehead atoms. The fourth-order valence-corrected chi connectivity index (χ4v) is 3.04. The van der Waals surface area contributed by atoms with Gasteiger partial charge in [-0.15, -0.1) is 0 Å². The third kappa shape index (κ3) is 4.36. The molecule has 3 aromatic rings. The zero-order valence-corrected chi connectivity index (χ0v) is 14.3. The summed E-state index contributed by atoms with van der Waals surface area (Å²) in [4.78, 5) is 0. The zero-order chi connectivity index (χ0) is 16.2. The van der Waals surface area contributed by atoms with Crippen LogP contribution in [0.1, 0.15) is 22.3 Å². The molecule has 118 valence electrons. The van der Waals surface area contributed by atoms with E-state index in [4.69, 9.17) is 4.42 Å². The van der Waals surface area contributed by atoms with E-state index >= 15 is 0 Å². The molecule has 1 aromatic heterocycles. The highest BCUT2D eigenvalue weighted by atomic mass is 32.2. The van der Waals surface area contributed by atoms with Gasteiger partial charge in [-0.2, -0.15) is 0 Å². The van der Waals surface area contributed by atoms with Crippen molar-refractivity contribution in [3.05, 3.63) is 64.7 Å². The van der Waals surface area contributed by atoms with Gasteiger partial charge in [0.25, 0.3) is 5.22 Å². The van der Waals surface area contributed by atoms with Crippen molar-refractivity contribution in [2.75, 3.05) is 5.32 Å². The van der Waals surface area contributed by atoms with Crippen LogP contribution >= 0.6 is 11.8 Å². The highest BCUT2D eigenvalue weighted by molar-refractivity contribution is 7.98. The van der Waals surface area contributed by atoms with Gasteiger partial charge in [0, 0.05) is 11.4 Å². The molecule has 0 fully saturated rings. The largest absolute Gasteiger partial charge is 0.398 e. The molecule has 0 aliphatic heterocycles. The van der Waals surface area contributed by atoms with E-state index in [1.54, 1.807) is 0 Å². The van der Waals surface area contributed by atoms with Gasteiger partial charge in [0.1, 0.15) is 0 Å². The van der Waals surface area contributed by atoms with Crippen molar-refractivity contribution in [2.24, 2.45) is 0 Å². The summed E-state index contributed by atoms with van der Waals surface area (Å²) in [6, 6.07) is 15.1. The second-order valence-corrected chi connectivity index (χ2v) is 6.58. The molecule has 0 atom stereocenters. The van der Waals surface area contributed by atoms with Gasteiger partial charge in [-0.1, -0.05) is 57.9 Å². The lowest BCUT2D eigenvalue weighted by atomic mass is 10.1. The Kier molecular flexibility index (Phi) is 4.67. The number of nitrogens with zero attached hydrogens (tertiary/aromatic N) is 2. The summed E-state index contributed by atoms with van der Waals surface area (Å²) >= 11 is 1.54. The summed E-state index contributed by atoms with van der Waals surface area (Å²) in [7, 11) is 0. The number of thioether (sulfide) groups is 1. The maximum Gasteiger partial charge on any atom is 0.320 e. The zero-order valence-electron chi connectivity index (χ0n) is 13.5. The fourth-order valence-electron chi connectivity index (χ4n) is 2.32. The third-order valence-corrected chi connectivity index (χ3v) is 4.25. The molecule has 4 nitrogen and oxygen atoms in total. The van der Waals surface area contributed by atoms with E-state index in [9.17, 15) is 0 Å². The minimum atomic E-state index is 0.418. The molecular formula is C18H19N3OS. The first-order valence-corrected chi connectivity index (χ1v) is 8.44. The van der Waals surface area contributed by atoms with Crippen LogP contribution in [0, 0.1) is 20.8 Å². The lowest BCUT2D eigenvalue weighted by Gasteiger charge is -2.04. The van der Waals surface area contributed by atoms with Crippen LogP contribution in [0.3, 0.4) is 0 Å². The number of aryl methyl sites for hydroxylation is 3. The lowest BCUT2D eigenvalue weighted by Crippen LogP contribution is -1.91. The molecule has 0 aliphatic carbocycles. The number of nitrogens with one attached hydrogen (secondary N) is 1. The van der Waals surface area contributed by atoms with Gasteiger partial charge >= 0.3 is 6.01 Å². The van der Waals surface area contributed by atoms with Crippen molar-refractivity contribution in [2.45, 2.75) is 31.7 Å². The van der Waals surface area contributed by atoms with Gasteiger partial charge in [0.2, 0.25) is 0 Å². The Hall–Kier alpha value is -2.27. The smallest absolute Gasteiger partial charge is 0.320 e. The van der Waals surface area contributed by atoms with Crippen molar-refractivity contribution in [3.8, 4) is 0 Å². The van der Waals surface area contributed by atoms with Crippen LogP contribution in [0.5, 0.6) is 0 Å². The van der Waals surface area contributed by atoms with Crippen molar-refractivity contribution in [1.82, 2.24) is 10.2 Å². The third-order valence-electron chi connectivity index (χ3n) is 3.36. The maximum atomic E-state index is 5.64. The number of aromatic nitrogens is 2. The topological polar surface area (TPSA) is 51.0 Å². The number of anilines is 2. The molecular weight excluding hydrogens is 306 g/mol. The monoisotopic (exact) mass is 325 g/mol. The highest BCUT2D eigenvalue weighted by Gasteiger charge is 2.08. The maximum absolute atomic E-state index is 5.64. The predicted octanol–water partition coefficient (Wildman–Crippen LogP) is 5.03. The summed E-state index contributed by atoms with van der Waals surface area (Å²) in [5.41, 5.74) is 5.85. The van der Waals surface area contributed by atoms with Crippen LogP contribution in [0.4, 0.5) is 11.7 Å². The Morgan fingerprint density at radius 2 is 1.61 bits per heavy atom. The first-order chi connectivity index (χ1) is 11.1. The number of rotatable bonds is 5. The highest BCUT2D eigenvalue weighted by Crippen LogP contribution is 2.25. The quantitative estimate of drug-likeness (QED) is 0.667. The van der Waals surface area contributed by atoms with Gasteiger partial charge in [-0.05, 0) is 49.6 Å². The van der Waals surface area contributed by atoms with E-state index in [2.05, 4.69) is 78.7 Å². The Morgan fingerprint density at radius 1 is 0.913 bits per heavy atom. The molecule has 3 rings (SSSR count). The number of benzene rings is 2. The van der Waals surface area contributed by atoms with Crippen LogP contribution in [0.25, 0.3) is 0 Å². The van der Waals surface area contributed by atoms with Gasteiger partial charge in [0.15, 0.2) is 0 Å². The van der Waals surface area contributed by atoms with Crippen LogP contribution < -0.4 is 5.32 Å². The van der Waals surface area contributed by atoms with Crippen molar-refractivity contribution in [1.29, 1.82) is 0 Å². The predicted molar refractivity (Wildman–Crippen MR) is 94.2 cm³/mol. The SMILES string of the molecule is Cc1ccc(CSc2nnc(Nc3cc(C)cc(C)c3)o2)cc1. The molecule has 0 radical (unpaired) electrons. The lowest BCUT2D eigenvalue weighted by molar-refractivity contribution is 0.468. The normalized spacial score (nSPS) is 10.7. The molecule has 0 saturated heterocycles. The molecule has 0 spiro atoms. The van der Waals surface area contributed by atoms with Gasteiger partial charge in [-0.25, -0.2) is 0 Å². The van der Waals surface area contributed by atoms with Crippen molar-refractivity contribution in [3.63, 3.8) is 0 Å². The van der Waals surface area contributed by atoms with Crippen LogP contribution in [0.2, 0.25) is 0 Å². The van der Waals surface area contributed by atoms with Gasteiger partial charge in [-0.3, -0.25) is 0 Å². The van der Waals surface area contributed by atoms with Crippen LogP contribution in [0.15, 0.2) is 52.1 Å². The van der Waals surface area contributed by atoms with E-state index in [0.29, 0.717) is 11.2 Å². The molecule has 2 aromatic carbocycles. The molecule has 1 N–H and O–H groups in total. The first-order valence-electron chi connectivity index (χ1n) is 7.46. The Bertz CT molecular complexity index is 776. The van der Waals surface area contributed by atoms with E-state index < -0.39 is 0 Å². The average molecular weight is 325 g/mol. The van der Waals surface area contributed by atoms with Crippen LogP contribution in [-0.4, -0.2) is 10.2 Å². The Morgan fingerprint density at radius 3 is 2.30 bits per heavy atom. The van der Waals surface area contributed by atoms with Crippen LogP contribution in [-0.2, 0) is 5.75 Å². The van der Waals surface area contributed by atoms with E-state index in [1.165, 1.54) is 34.0 Å². The second-order valence-electron chi connectivity index (χ2n) is 5.65. The summed E-state index contributed by atoms with van der Waals surface area (Å²) in [6.07, 6.45) is 0. The van der Waals surface area contributed by atoms with Crippen molar-refractivity contribution < 1.29 is 4.42 Å². The average Bonchev–Trinajstić information content (AvgIpc) is 2.93. The minimum Gasteiger partial charge on any atom is -0.398 e. The first kappa shape index (κ1) is 15.6. The molecule has 0 aliphatic rings. The number of hydrogen-bond donors (Lipinski definition) is 1. The minimum absolute atomic E-state index is 0.418. The number of hydrogen-bond acceptors (Lipinski definition) is 5. The molecule has 0 amide bonds. The van der Waals surface area contributed by atoms with Gasteiger partial charge < -0.3 is 9.73 Å². The van der Waals surface area contributed by atoms with E-state index in [0.717, 1.165) is 11.4 Å². The summed E-state index contributed by atoms with van der Waals surface area (Å²) in [6.45, 7) is 6.21. The summed E-state index contributed by atoms with van der Waals surface area (Å²) in [5.74, 6) is 0.811. The van der Waals surface area contributed by atoms with Gasteiger partial charge in [0.05, 0.1) is 0 Å². The Balaban J connectivity index is 1.62. The molecule has 1 heterocycles. The Labute approximate surface area is 140 Å².